The van der Waals surface area contributed by atoms with E-state index in [1.54, 1.807) is 82.2 Å². The van der Waals surface area contributed by atoms with Crippen molar-refractivity contribution in [3.8, 4) is 0 Å². The fourth-order valence-corrected chi connectivity index (χ4v) is 16.9. The molecule has 0 unspecified atom stereocenters. The van der Waals surface area contributed by atoms with E-state index in [1.165, 1.54) is 23.4 Å². The summed E-state index contributed by atoms with van der Waals surface area (Å²) in [6.07, 6.45) is 23.0. The van der Waals surface area contributed by atoms with Crippen LogP contribution < -0.4 is 9.80 Å². The predicted octanol–water partition coefficient (Wildman–Crippen LogP) is 10.3. The van der Waals surface area contributed by atoms with E-state index in [9.17, 15) is 33.6 Å². The van der Waals surface area contributed by atoms with Crippen LogP contribution in [0, 0.1) is 0 Å². The van der Waals surface area contributed by atoms with Crippen molar-refractivity contribution in [1.29, 1.82) is 0 Å². The zero-order valence-electron chi connectivity index (χ0n) is 75.2. The number of piperidine rings is 7. The number of anilines is 2. The molecule has 4 aromatic rings. The van der Waals surface area contributed by atoms with Crippen LogP contribution >= 0.6 is 0 Å². The third kappa shape index (κ3) is 33.7. The molecule has 2 aromatic carbocycles. The Bertz CT molecular complexity index is 3390. The number of carbonyl (C=O) groups is 7. The largest absolute Gasteiger partial charge is 0.447 e. The van der Waals surface area contributed by atoms with Gasteiger partial charge in [-0.25, -0.2) is 15.0 Å². The van der Waals surface area contributed by atoms with Gasteiger partial charge in [0.15, 0.2) is 6.39 Å². The molecule has 12 rings (SSSR count). The Morgan fingerprint density at radius 3 is 1.11 bits per heavy atom. The number of nitrogens with zero attached hydrogens (tertiary/aromatic N) is 16. The van der Waals surface area contributed by atoms with Gasteiger partial charge in [0.1, 0.15) is 11.6 Å². The lowest BCUT2D eigenvalue weighted by atomic mass is 9.79. The van der Waals surface area contributed by atoms with Crippen molar-refractivity contribution in [3.05, 3.63) is 109 Å². The molecule has 0 radical (unpaired) electrons. The fraction of sp³-hybridized carbons (Fsp3) is 0.700. The van der Waals surface area contributed by atoms with Gasteiger partial charge in [0, 0.05) is 130 Å². The highest BCUT2D eigenvalue weighted by Gasteiger charge is 2.42. The van der Waals surface area contributed by atoms with Gasteiger partial charge in [-0.05, 0) is 294 Å². The van der Waals surface area contributed by atoms with Crippen LogP contribution in [-0.4, -0.2) is 339 Å². The number of ether oxygens (including phenoxy) is 2. The van der Waals surface area contributed by atoms with Crippen molar-refractivity contribution >= 4 is 52.9 Å². The van der Waals surface area contributed by atoms with Crippen LogP contribution in [-0.2, 0) is 61.0 Å². The Hall–Kier alpha value is -7.31. The Kier molecular flexibility index (Phi) is 42.7. The number of likely N-dealkylation sites (tertiary alicyclic amines) is 7. The quantitative estimate of drug-likeness (QED) is 0.0749. The molecule has 0 atom stereocenters. The van der Waals surface area contributed by atoms with E-state index < -0.39 is 0 Å². The second kappa shape index (κ2) is 50.7. The van der Waals surface area contributed by atoms with Gasteiger partial charge in [0.25, 0.3) is 0 Å². The zero-order chi connectivity index (χ0) is 85.8. The number of hydrogen-bond acceptors (Lipinski definition) is 20. The van der Waals surface area contributed by atoms with Gasteiger partial charge in [-0.15, -0.1) is 0 Å². The number of rotatable bonds is 20. The Morgan fingerprint density at radius 2 is 0.786 bits per heavy atom. The summed E-state index contributed by atoms with van der Waals surface area (Å²) in [6, 6.07) is 28.3. The van der Waals surface area contributed by atoms with Crippen LogP contribution in [0.1, 0.15) is 183 Å². The van der Waals surface area contributed by atoms with Crippen LogP contribution in [0.2, 0.25) is 0 Å². The summed E-state index contributed by atoms with van der Waals surface area (Å²) >= 11 is 0. The third-order valence-corrected chi connectivity index (χ3v) is 24.6. The second-order valence-electron chi connectivity index (χ2n) is 34.3. The maximum absolute atomic E-state index is 11.9. The summed E-state index contributed by atoms with van der Waals surface area (Å²) in [7, 11) is 19.9. The number of hydrogen-bond donors (Lipinski definition) is 0. The first-order valence-electron chi connectivity index (χ1n) is 43.1. The second-order valence-corrected chi connectivity index (χ2v) is 34.3. The average molecular weight is 1630 g/mol. The Morgan fingerprint density at radius 1 is 0.427 bits per heavy atom. The summed E-state index contributed by atoms with van der Waals surface area (Å²) in [4.78, 5) is 123. The molecule has 9 heterocycles. The van der Waals surface area contributed by atoms with Gasteiger partial charge >= 0.3 is 0 Å². The Labute approximate surface area is 702 Å². The number of aromatic nitrogens is 2. The van der Waals surface area contributed by atoms with Gasteiger partial charge in [0.2, 0.25) is 41.4 Å². The van der Waals surface area contributed by atoms with Crippen molar-refractivity contribution in [2.75, 3.05) is 185 Å². The van der Waals surface area contributed by atoms with E-state index in [0.717, 1.165) is 225 Å². The lowest BCUT2D eigenvalue weighted by molar-refractivity contribution is -0.190. The van der Waals surface area contributed by atoms with Crippen molar-refractivity contribution in [2.45, 2.75) is 238 Å². The first-order valence-corrected chi connectivity index (χ1v) is 43.1. The number of hydroxylamine groups is 2. The lowest BCUT2D eigenvalue weighted by Gasteiger charge is -2.46. The van der Waals surface area contributed by atoms with Gasteiger partial charge < -0.3 is 72.7 Å². The van der Waals surface area contributed by atoms with E-state index >= 15 is 0 Å². The van der Waals surface area contributed by atoms with E-state index in [-0.39, 0.29) is 58.6 Å². The minimum absolute atomic E-state index is 0.00273. The first kappa shape index (κ1) is 98.5. The van der Waals surface area contributed by atoms with Crippen molar-refractivity contribution in [3.63, 3.8) is 0 Å². The number of carbonyl (C=O) groups excluding carboxylic acids is 7. The average Bonchev–Trinajstić information content (AvgIpc) is 1.11. The maximum Gasteiger partial charge on any atom is 0.243 e. The molecule has 27 nitrogen and oxygen atoms in total. The smallest absolute Gasteiger partial charge is 0.243 e. The molecule has 1 saturated carbocycles. The van der Waals surface area contributed by atoms with Gasteiger partial charge in [0.05, 0.1) is 37.1 Å². The molecule has 656 valence electrons. The van der Waals surface area contributed by atoms with Gasteiger partial charge in [-0.2, -0.15) is 0 Å². The Balaban J connectivity index is 0.000000212. The first-order chi connectivity index (χ1) is 55.8. The van der Waals surface area contributed by atoms with E-state index in [1.807, 2.05) is 105 Å². The van der Waals surface area contributed by atoms with Gasteiger partial charge in [-0.3, -0.25) is 43.3 Å². The summed E-state index contributed by atoms with van der Waals surface area (Å²) in [5.74, 6) is 2.40. The van der Waals surface area contributed by atoms with Crippen LogP contribution in [0.4, 0.5) is 11.5 Å². The highest BCUT2D eigenvalue weighted by Crippen LogP contribution is 2.37. The maximum atomic E-state index is 11.9. The van der Waals surface area contributed by atoms with Crippen LogP contribution in [0.15, 0.2) is 102 Å². The fourth-order valence-electron chi connectivity index (χ4n) is 16.9. The molecule has 117 heavy (non-hydrogen) atoms. The molecule has 27 heteroatoms. The highest BCUT2D eigenvalue weighted by molar-refractivity contribution is 5.92. The molecule has 7 amide bonds. The monoisotopic (exact) mass is 1630 g/mol. The number of benzene rings is 2. The van der Waals surface area contributed by atoms with Crippen LogP contribution in [0.3, 0.4) is 0 Å². The number of pyridine rings is 1. The molecule has 7 aliphatic heterocycles. The number of para-hydroxylation sites is 1. The number of oxazole rings is 1. The van der Waals surface area contributed by atoms with E-state index in [2.05, 4.69) is 111 Å². The van der Waals surface area contributed by atoms with Crippen LogP contribution in [0.5, 0.6) is 0 Å². The van der Waals surface area contributed by atoms with Gasteiger partial charge in [-0.1, -0.05) is 54.6 Å². The van der Waals surface area contributed by atoms with Crippen molar-refractivity contribution in [1.82, 2.24) is 68.9 Å². The van der Waals surface area contributed by atoms with Crippen molar-refractivity contribution in [2.24, 2.45) is 0 Å². The summed E-state index contributed by atoms with van der Waals surface area (Å²) in [6.45, 7) is 33.2. The summed E-state index contributed by atoms with van der Waals surface area (Å²) < 4.78 is 16.3. The molecule has 2 aromatic heterocycles. The number of amides is 7. The summed E-state index contributed by atoms with van der Waals surface area (Å²) in [5.41, 5.74) is 1.92. The van der Waals surface area contributed by atoms with Crippen molar-refractivity contribution < 1.29 is 52.3 Å². The zero-order valence-corrected chi connectivity index (χ0v) is 75.2. The number of methoxy groups -OCH3 is 2. The lowest BCUT2D eigenvalue weighted by Crippen LogP contribution is -2.55. The predicted molar refractivity (Wildman–Crippen MR) is 465 cm³/mol. The minimum atomic E-state index is -0.269. The minimum Gasteiger partial charge on any atom is -0.447 e. The van der Waals surface area contributed by atoms with Crippen LogP contribution in [0.25, 0.3) is 0 Å². The van der Waals surface area contributed by atoms with E-state index in [4.69, 9.17) is 18.7 Å². The normalized spacial score (nSPS) is 19.4. The SMILES string of the molecule is CC(=O)N(Cc1ccccc1)C1CCN(C)CC1.CC(=O)N(Cc1cnco1)C1CCN(C)CC1.CC(=O)N(c1ccccc1)C1CCN(C)CC1.CC(=O)N(c1ccccn1)C1CCN(C)CC1.COC(C)(C)CN(C(C)=O)C1CCN(C)CC1.COC1(CN(C(C)=O)C2CCN(C)CC2)CCC1.CON(C(C)=O)C1CCN(C)CC1. The molecule has 0 N–H and O–H groups in total. The molecule has 0 bridgehead atoms. The topological polar surface area (TPSA) is 231 Å². The molecule has 0 spiro atoms. The third-order valence-electron chi connectivity index (χ3n) is 24.6. The molecule has 1 aliphatic carbocycles. The highest BCUT2D eigenvalue weighted by atomic mass is 16.7. The molecule has 8 aliphatic rings. The molecular formula is C90H150N16O11. The molecule has 8 fully saturated rings. The summed E-state index contributed by atoms with van der Waals surface area (Å²) in [5, 5.41) is 1.49. The standard InChI is InChI=1S/C15H22N2O.C14H26N2O2.C14H20N2O.C13H19N3O.C13H26N2O2.C12H19N3O2.C9H18N2O2/c1-13(18)17(12-14-6-4-3-5-7-14)15-8-10-16(2)11-9-15;1-12(17)16(11-14(18-3)7-4-8-14)13-5-9-15(2)10-6-13;1-12(17)16(13-6-4-3-5-7-13)14-8-10-15(2)11-9-14;1-11(17)16(13-5-3-4-8-14-13)12-6-9-15(2)10-7-12;1-11(16)15(10-13(2,3)17-5)12-6-8-14(4)9-7-12;1-10(16)15(8-12-7-13-9-17-12)11-3-5-14(2)6-4-11;1-8(12)11(13-3)9-4-6-10(2)7-5-9/h3-7,15H,8-12H2,1-2H3;13H,4-11H2,1-3H3;3-7,14H,8-11H2,1-2H3;3-5,8,12H,6-7,9-10H2,1-2H3;12H,6-10H2,1-5H3;7,9,11H,3-6,8H2,1-2H3;9H,4-7H2,1-3H3. The molecular weight excluding hydrogens is 1480 g/mol. The van der Waals surface area contributed by atoms with E-state index in [0.29, 0.717) is 49.3 Å². The molecule has 7 saturated heterocycles.